The first-order valence-electron chi connectivity index (χ1n) is 16.3. The molecule has 1 saturated heterocycles. The van der Waals surface area contributed by atoms with Gasteiger partial charge in [0, 0.05) is 60.2 Å². The number of aryl methyl sites for hydroxylation is 1. The molecule has 2 atom stereocenters. The van der Waals surface area contributed by atoms with Crippen LogP contribution in [0.5, 0.6) is 0 Å². The molecular formula is C36H57F2N3O. The van der Waals surface area contributed by atoms with E-state index in [-0.39, 0.29) is 18.0 Å². The molecule has 1 heterocycles. The lowest BCUT2D eigenvalue weighted by Crippen LogP contribution is -2.59. The molecule has 1 aliphatic carbocycles. The van der Waals surface area contributed by atoms with Crippen molar-refractivity contribution < 1.29 is 13.6 Å². The first kappa shape index (κ1) is 35.7. The minimum Gasteiger partial charge on any atom is -0.368 e. The van der Waals surface area contributed by atoms with E-state index in [4.69, 9.17) is 4.99 Å². The summed E-state index contributed by atoms with van der Waals surface area (Å²) in [7, 11) is 0. The molecule has 1 amide bonds. The van der Waals surface area contributed by atoms with E-state index in [0.29, 0.717) is 31.0 Å². The van der Waals surface area contributed by atoms with Crippen molar-refractivity contribution in [2.45, 2.75) is 126 Å². The molecule has 42 heavy (non-hydrogen) atoms. The molecule has 1 aromatic rings. The molecule has 6 heteroatoms. The van der Waals surface area contributed by atoms with Crippen LogP contribution >= 0.6 is 0 Å². The smallest absolute Gasteiger partial charge is 0.228 e. The summed E-state index contributed by atoms with van der Waals surface area (Å²) < 4.78 is 27.3. The summed E-state index contributed by atoms with van der Waals surface area (Å²) in [6, 6.07) is 4.11. The van der Waals surface area contributed by atoms with Crippen molar-refractivity contribution in [2.24, 2.45) is 16.3 Å². The highest BCUT2D eigenvalue weighted by atomic mass is 19.1. The van der Waals surface area contributed by atoms with Crippen molar-refractivity contribution in [1.29, 1.82) is 0 Å². The van der Waals surface area contributed by atoms with Gasteiger partial charge in [-0.15, -0.1) is 0 Å². The highest BCUT2D eigenvalue weighted by Gasteiger charge is 2.38. The molecule has 4 nitrogen and oxygen atoms in total. The van der Waals surface area contributed by atoms with E-state index in [0.717, 1.165) is 37.6 Å². The van der Waals surface area contributed by atoms with Crippen LogP contribution in [0.3, 0.4) is 0 Å². The van der Waals surface area contributed by atoms with Crippen molar-refractivity contribution in [3.05, 3.63) is 58.3 Å². The van der Waals surface area contributed by atoms with Gasteiger partial charge < -0.3 is 9.80 Å². The fraction of sp³-hybridized carbons (Fsp3) is 0.667. The number of benzene rings is 1. The van der Waals surface area contributed by atoms with Gasteiger partial charge in [-0.3, -0.25) is 9.79 Å². The van der Waals surface area contributed by atoms with Gasteiger partial charge in [0.25, 0.3) is 0 Å². The molecule has 1 aliphatic heterocycles. The van der Waals surface area contributed by atoms with E-state index >= 15 is 0 Å². The lowest BCUT2D eigenvalue weighted by Gasteiger charge is -2.48. The van der Waals surface area contributed by atoms with Crippen LogP contribution in [0.2, 0.25) is 0 Å². The molecule has 236 valence electrons. The molecule has 1 saturated carbocycles. The summed E-state index contributed by atoms with van der Waals surface area (Å²) in [4.78, 5) is 22.8. The largest absolute Gasteiger partial charge is 0.368 e. The van der Waals surface area contributed by atoms with E-state index in [1.165, 1.54) is 48.2 Å². The molecule has 3 rings (SSSR count). The molecular weight excluding hydrogens is 528 g/mol. The van der Waals surface area contributed by atoms with E-state index in [9.17, 15) is 13.6 Å². The number of hydrogen-bond donors (Lipinski definition) is 0. The number of hydrogen-bond acceptors (Lipinski definition) is 3. The van der Waals surface area contributed by atoms with Crippen LogP contribution in [-0.4, -0.2) is 53.1 Å². The average molecular weight is 586 g/mol. The second-order valence-electron chi connectivity index (χ2n) is 12.8. The van der Waals surface area contributed by atoms with Crippen LogP contribution in [0.4, 0.5) is 8.78 Å². The Morgan fingerprint density at radius 2 is 1.57 bits per heavy atom. The van der Waals surface area contributed by atoms with Crippen molar-refractivity contribution in [3.8, 4) is 0 Å². The Morgan fingerprint density at radius 1 is 1.00 bits per heavy atom. The number of piperazine rings is 1. The Hall–Kier alpha value is -2.50. The first-order chi connectivity index (χ1) is 19.9. The number of unbranched alkanes of at least 4 members (excludes halogenated alkanes) is 1. The standard InChI is InChI=1S/C34H51F2N3O.C2H6/c1-9-30(27-15-13-16-27)32(25(5)38-21-24(4)39(22-23(38)3)33(40)34(6,7)8)31(37-10-2)17-12-11-14-26-18-28(35)20-29(36)19-26;1-2/h9,18-20,23-24,27H,10-17,21-22H2,1-8H3;1-2H3/b30-9-,32-25+,37-31?;/t23-,24+;/m0./s1. The van der Waals surface area contributed by atoms with Crippen LogP contribution in [0.1, 0.15) is 113 Å². The van der Waals surface area contributed by atoms with Crippen LogP contribution in [-0.2, 0) is 11.2 Å². The van der Waals surface area contributed by atoms with Gasteiger partial charge in [-0.25, -0.2) is 8.78 Å². The van der Waals surface area contributed by atoms with Crippen LogP contribution in [0, 0.1) is 23.0 Å². The number of carbonyl (C=O) groups excluding carboxylic acids is 1. The Labute approximate surface area is 255 Å². The zero-order valence-electron chi connectivity index (χ0n) is 28.1. The molecule has 2 aliphatic rings. The van der Waals surface area contributed by atoms with Gasteiger partial charge in [0.2, 0.25) is 5.91 Å². The second-order valence-corrected chi connectivity index (χ2v) is 12.8. The molecule has 0 unspecified atom stereocenters. The predicted octanol–water partition coefficient (Wildman–Crippen LogP) is 9.15. The van der Waals surface area contributed by atoms with Crippen LogP contribution < -0.4 is 0 Å². The third-order valence-electron chi connectivity index (χ3n) is 8.51. The number of nitrogens with zero attached hydrogens (tertiary/aromatic N) is 3. The van der Waals surface area contributed by atoms with Crippen molar-refractivity contribution in [1.82, 2.24) is 9.80 Å². The zero-order chi connectivity index (χ0) is 31.6. The summed E-state index contributed by atoms with van der Waals surface area (Å²) in [6.45, 7) is 23.1. The SMILES string of the molecule is C/C=C(\C(C(CCCCc1cc(F)cc(F)c1)=NCC)=C(\C)N1C[C@@H](C)N(C(=O)C(C)(C)C)C[C@@H]1C)C1CCC1.CC. The molecule has 0 spiro atoms. The van der Waals surface area contributed by atoms with Crippen LogP contribution in [0.25, 0.3) is 0 Å². The third-order valence-corrected chi connectivity index (χ3v) is 8.51. The topological polar surface area (TPSA) is 35.9 Å². The van der Waals surface area contributed by atoms with Gasteiger partial charge in [0.05, 0.1) is 0 Å². The quantitative estimate of drug-likeness (QED) is 0.156. The maximum absolute atomic E-state index is 13.7. The molecule has 0 bridgehead atoms. The summed E-state index contributed by atoms with van der Waals surface area (Å²) in [5.74, 6) is -0.267. The lowest BCUT2D eigenvalue weighted by molar-refractivity contribution is -0.145. The summed E-state index contributed by atoms with van der Waals surface area (Å²) in [6.07, 6.45) is 9.18. The lowest BCUT2D eigenvalue weighted by atomic mass is 9.74. The van der Waals surface area contributed by atoms with Gasteiger partial charge in [0.1, 0.15) is 11.6 Å². The van der Waals surface area contributed by atoms with Gasteiger partial charge in [-0.2, -0.15) is 0 Å². The number of amides is 1. The highest BCUT2D eigenvalue weighted by molar-refractivity contribution is 6.04. The van der Waals surface area contributed by atoms with Crippen LogP contribution in [0.15, 0.2) is 46.1 Å². The Balaban J connectivity index is 0.00000301. The minimum absolute atomic E-state index is 0.120. The van der Waals surface area contributed by atoms with Gasteiger partial charge >= 0.3 is 0 Å². The van der Waals surface area contributed by atoms with Gasteiger partial charge in [-0.05, 0) is 102 Å². The second kappa shape index (κ2) is 16.4. The zero-order valence-corrected chi connectivity index (χ0v) is 28.1. The van der Waals surface area contributed by atoms with Crippen molar-refractivity contribution >= 4 is 11.6 Å². The number of halogens is 2. The maximum Gasteiger partial charge on any atom is 0.228 e. The van der Waals surface area contributed by atoms with E-state index in [1.807, 2.05) is 34.6 Å². The fourth-order valence-electron chi connectivity index (χ4n) is 6.19. The van der Waals surface area contributed by atoms with Crippen molar-refractivity contribution in [3.63, 3.8) is 0 Å². The number of rotatable bonds is 10. The Kier molecular flexibility index (Phi) is 13.9. The summed E-state index contributed by atoms with van der Waals surface area (Å²) in [5, 5.41) is 0. The molecule has 0 radical (unpaired) electrons. The van der Waals surface area contributed by atoms with E-state index in [1.54, 1.807) is 0 Å². The van der Waals surface area contributed by atoms with Gasteiger partial charge in [-0.1, -0.05) is 47.1 Å². The number of allylic oxidation sites excluding steroid dienone is 4. The molecule has 1 aromatic carbocycles. The molecule has 0 N–H and O–H groups in total. The Morgan fingerprint density at radius 3 is 2.07 bits per heavy atom. The first-order valence-corrected chi connectivity index (χ1v) is 16.3. The monoisotopic (exact) mass is 585 g/mol. The Bertz CT molecular complexity index is 1110. The average Bonchev–Trinajstić information content (AvgIpc) is 2.90. The molecule has 2 fully saturated rings. The molecule has 0 aromatic heterocycles. The highest BCUT2D eigenvalue weighted by Crippen LogP contribution is 2.40. The summed E-state index contributed by atoms with van der Waals surface area (Å²) in [5.41, 5.74) is 5.37. The fourth-order valence-corrected chi connectivity index (χ4v) is 6.19. The van der Waals surface area contributed by atoms with Gasteiger partial charge in [0.15, 0.2) is 0 Å². The number of carbonyl (C=O) groups is 1. The normalized spacial score (nSPS) is 21.0. The minimum atomic E-state index is -0.519. The van der Waals surface area contributed by atoms with E-state index < -0.39 is 17.0 Å². The summed E-state index contributed by atoms with van der Waals surface area (Å²) >= 11 is 0. The van der Waals surface area contributed by atoms with E-state index in [2.05, 4.69) is 50.5 Å². The maximum atomic E-state index is 13.7. The third kappa shape index (κ3) is 9.25. The number of aliphatic imine (C=N–C) groups is 1. The predicted molar refractivity (Wildman–Crippen MR) is 174 cm³/mol. The van der Waals surface area contributed by atoms with Crippen molar-refractivity contribution in [2.75, 3.05) is 19.6 Å².